The quantitative estimate of drug-likeness (QED) is 0.407. The second-order valence-electron chi connectivity index (χ2n) is 10.3. The lowest BCUT2D eigenvalue weighted by Gasteiger charge is -2.43. The van der Waals surface area contributed by atoms with Gasteiger partial charge in [0.1, 0.15) is 0 Å². The molecule has 1 saturated heterocycles. The molecule has 0 aromatic rings. The average molecular weight is 398 g/mol. The fourth-order valence-electron chi connectivity index (χ4n) is 5.49. The summed E-state index contributed by atoms with van der Waals surface area (Å²) in [5, 5.41) is 0. The molecule has 0 aromatic carbocycles. The van der Waals surface area contributed by atoms with Crippen molar-refractivity contribution in [3.63, 3.8) is 0 Å². The second-order valence-corrected chi connectivity index (χ2v) is 10.3. The van der Waals surface area contributed by atoms with Crippen LogP contribution in [0.15, 0.2) is 0 Å². The normalized spacial score (nSPS) is 28.7. The Morgan fingerprint density at radius 2 is 1.86 bits per heavy atom. The third kappa shape index (κ3) is 7.27. The third-order valence-electron chi connectivity index (χ3n) is 6.83. The highest BCUT2D eigenvalue weighted by atomic mass is 16.7. The zero-order valence-electron chi connectivity index (χ0n) is 19.6. The second kappa shape index (κ2) is 11.3. The first-order valence-corrected chi connectivity index (χ1v) is 11.8. The van der Waals surface area contributed by atoms with E-state index >= 15 is 0 Å². The van der Waals surface area contributed by atoms with E-state index in [0.717, 1.165) is 70.4 Å². The van der Waals surface area contributed by atoms with Crippen molar-refractivity contribution < 1.29 is 14.2 Å². The summed E-state index contributed by atoms with van der Waals surface area (Å²) >= 11 is 0. The van der Waals surface area contributed by atoms with Crippen molar-refractivity contribution in [2.45, 2.75) is 97.9 Å². The van der Waals surface area contributed by atoms with E-state index < -0.39 is 0 Å². The van der Waals surface area contributed by atoms with Crippen LogP contribution >= 0.6 is 0 Å². The zero-order valence-corrected chi connectivity index (χ0v) is 19.6. The average Bonchev–Trinajstić information content (AvgIpc) is 3.02. The molecule has 1 saturated carbocycles. The molecule has 2 aliphatic rings. The maximum atomic E-state index is 6.51. The van der Waals surface area contributed by atoms with E-state index in [4.69, 9.17) is 14.2 Å². The van der Waals surface area contributed by atoms with Gasteiger partial charge in [-0.2, -0.15) is 0 Å². The fourth-order valence-corrected chi connectivity index (χ4v) is 5.49. The summed E-state index contributed by atoms with van der Waals surface area (Å²) in [4.78, 5) is 2.55. The highest BCUT2D eigenvalue weighted by Gasteiger charge is 2.46. The lowest BCUT2D eigenvalue weighted by molar-refractivity contribution is -0.198. The smallest absolute Gasteiger partial charge is 0.168 e. The number of ether oxygens (including phenoxy) is 3. The van der Waals surface area contributed by atoms with Gasteiger partial charge in [0, 0.05) is 39.6 Å². The van der Waals surface area contributed by atoms with E-state index in [2.05, 4.69) is 39.5 Å². The molecule has 1 unspecified atom stereocenters. The molecule has 2 rings (SSSR count). The van der Waals surface area contributed by atoms with E-state index in [1.807, 2.05) is 0 Å². The minimum Gasteiger partial charge on any atom is -0.385 e. The van der Waals surface area contributed by atoms with Crippen molar-refractivity contribution in [3.05, 3.63) is 0 Å². The number of rotatable bonds is 12. The zero-order chi connectivity index (χ0) is 20.6. The summed E-state index contributed by atoms with van der Waals surface area (Å²) < 4.78 is 18.0. The monoisotopic (exact) mass is 397 g/mol. The third-order valence-corrected chi connectivity index (χ3v) is 6.83. The molecular formula is C24H47NO3. The Morgan fingerprint density at radius 1 is 1.14 bits per heavy atom. The molecule has 2 fully saturated rings. The minimum absolute atomic E-state index is 0.266. The predicted octanol–water partition coefficient (Wildman–Crippen LogP) is 5.50. The van der Waals surface area contributed by atoms with Gasteiger partial charge in [0.2, 0.25) is 0 Å². The van der Waals surface area contributed by atoms with E-state index in [1.165, 1.54) is 25.7 Å². The molecule has 0 amide bonds. The number of nitrogens with zero attached hydrogens (tertiary/aromatic N) is 1. The molecule has 0 aromatic heterocycles. The van der Waals surface area contributed by atoms with Crippen LogP contribution in [0.1, 0.15) is 86.0 Å². The van der Waals surface area contributed by atoms with Crippen LogP contribution in [0.5, 0.6) is 0 Å². The van der Waals surface area contributed by atoms with Crippen LogP contribution in [0.4, 0.5) is 0 Å². The van der Waals surface area contributed by atoms with Gasteiger partial charge in [-0.1, -0.05) is 34.6 Å². The summed E-state index contributed by atoms with van der Waals surface area (Å²) in [7, 11) is 1.78. The van der Waals surface area contributed by atoms with Crippen LogP contribution in [-0.4, -0.2) is 56.7 Å². The van der Waals surface area contributed by atoms with Gasteiger partial charge >= 0.3 is 0 Å². The summed E-state index contributed by atoms with van der Waals surface area (Å²) in [5.74, 6) is 1.29. The SMILES string of the molecule is CCCN(CCCOC)CCC1COC2(CCC(C(C)(C)CC(C)C)CC2)O1. The first-order chi connectivity index (χ1) is 13.3. The maximum Gasteiger partial charge on any atom is 0.168 e. The van der Waals surface area contributed by atoms with Crippen LogP contribution in [0.3, 0.4) is 0 Å². The van der Waals surface area contributed by atoms with Crippen molar-refractivity contribution in [2.75, 3.05) is 40.0 Å². The lowest BCUT2D eigenvalue weighted by Crippen LogP contribution is -2.40. The maximum absolute atomic E-state index is 6.51. The molecular weight excluding hydrogens is 350 g/mol. The van der Waals surface area contributed by atoms with Crippen molar-refractivity contribution in [2.24, 2.45) is 17.3 Å². The summed E-state index contributed by atoms with van der Waals surface area (Å²) in [6, 6.07) is 0. The molecule has 0 bridgehead atoms. The van der Waals surface area contributed by atoms with E-state index in [9.17, 15) is 0 Å². The van der Waals surface area contributed by atoms with Crippen LogP contribution in [0.25, 0.3) is 0 Å². The van der Waals surface area contributed by atoms with E-state index in [1.54, 1.807) is 7.11 Å². The molecule has 0 N–H and O–H groups in total. The van der Waals surface area contributed by atoms with Gasteiger partial charge in [0.15, 0.2) is 5.79 Å². The van der Waals surface area contributed by atoms with E-state index in [0.29, 0.717) is 5.41 Å². The first kappa shape index (κ1) is 24.1. The van der Waals surface area contributed by atoms with Gasteiger partial charge in [-0.05, 0) is 62.3 Å². The van der Waals surface area contributed by atoms with Gasteiger partial charge in [0.05, 0.1) is 12.7 Å². The van der Waals surface area contributed by atoms with Crippen molar-refractivity contribution in [1.82, 2.24) is 4.90 Å². The summed E-state index contributed by atoms with van der Waals surface area (Å²) in [5.41, 5.74) is 0.427. The molecule has 4 nitrogen and oxygen atoms in total. The van der Waals surface area contributed by atoms with Crippen LogP contribution < -0.4 is 0 Å². The Kier molecular flexibility index (Phi) is 9.72. The van der Waals surface area contributed by atoms with Gasteiger partial charge in [0.25, 0.3) is 0 Å². The molecule has 1 atom stereocenters. The van der Waals surface area contributed by atoms with E-state index in [-0.39, 0.29) is 11.9 Å². The van der Waals surface area contributed by atoms with Gasteiger partial charge in [-0.3, -0.25) is 0 Å². The predicted molar refractivity (Wildman–Crippen MR) is 117 cm³/mol. The van der Waals surface area contributed by atoms with Gasteiger partial charge in [-0.25, -0.2) is 0 Å². The minimum atomic E-state index is -0.277. The van der Waals surface area contributed by atoms with Crippen molar-refractivity contribution in [3.8, 4) is 0 Å². The molecule has 4 heteroatoms. The molecule has 1 spiro atoms. The Bertz CT molecular complexity index is 430. The summed E-state index contributed by atoms with van der Waals surface area (Å²) in [6.45, 7) is 16.9. The first-order valence-electron chi connectivity index (χ1n) is 11.8. The number of hydrogen-bond donors (Lipinski definition) is 0. The summed E-state index contributed by atoms with van der Waals surface area (Å²) in [6.07, 6.45) is 9.59. The van der Waals surface area contributed by atoms with Crippen molar-refractivity contribution >= 4 is 0 Å². The Labute approximate surface area is 174 Å². The number of hydrogen-bond acceptors (Lipinski definition) is 4. The Hall–Kier alpha value is -0.160. The molecule has 166 valence electrons. The van der Waals surface area contributed by atoms with Gasteiger partial charge < -0.3 is 19.1 Å². The van der Waals surface area contributed by atoms with Crippen LogP contribution in [0, 0.1) is 17.3 Å². The highest BCUT2D eigenvalue weighted by Crippen LogP contribution is 2.48. The number of methoxy groups -OCH3 is 1. The topological polar surface area (TPSA) is 30.9 Å². The van der Waals surface area contributed by atoms with Crippen molar-refractivity contribution in [1.29, 1.82) is 0 Å². The van der Waals surface area contributed by atoms with Crippen LogP contribution in [0.2, 0.25) is 0 Å². The molecule has 1 aliphatic carbocycles. The Balaban J connectivity index is 1.75. The molecule has 28 heavy (non-hydrogen) atoms. The Morgan fingerprint density at radius 3 is 2.46 bits per heavy atom. The van der Waals surface area contributed by atoms with Crippen LogP contribution in [-0.2, 0) is 14.2 Å². The van der Waals surface area contributed by atoms with Gasteiger partial charge in [-0.15, -0.1) is 0 Å². The molecule has 1 heterocycles. The largest absolute Gasteiger partial charge is 0.385 e. The molecule has 1 aliphatic heterocycles. The highest BCUT2D eigenvalue weighted by molar-refractivity contribution is 4.90. The molecule has 0 radical (unpaired) electrons. The fraction of sp³-hybridized carbons (Fsp3) is 1.00. The standard InChI is InChI=1S/C24H47NO3/c1-7-14-25(15-8-17-26-6)16-11-22-19-27-24(28-22)12-9-21(10-13-24)23(4,5)18-20(2)3/h20-22H,7-19H2,1-6H3. The lowest BCUT2D eigenvalue weighted by atomic mass is 9.66.